The smallest absolute Gasteiger partial charge is 0.224 e. The van der Waals surface area contributed by atoms with Crippen molar-refractivity contribution < 1.29 is 4.79 Å². The predicted molar refractivity (Wildman–Crippen MR) is 79.7 cm³/mol. The first-order chi connectivity index (χ1) is 10.2. The zero-order valence-corrected chi connectivity index (χ0v) is 12.3. The number of rotatable bonds is 7. The van der Waals surface area contributed by atoms with Gasteiger partial charge < -0.3 is 10.6 Å². The van der Waals surface area contributed by atoms with Crippen LogP contribution in [0.5, 0.6) is 0 Å². The Balaban J connectivity index is 1.68. The Kier molecular flexibility index (Phi) is 5.25. The van der Waals surface area contributed by atoms with E-state index in [9.17, 15) is 4.79 Å². The molecule has 21 heavy (non-hydrogen) atoms. The van der Waals surface area contributed by atoms with Gasteiger partial charge in [-0.25, -0.2) is 9.97 Å². The molecule has 0 saturated heterocycles. The summed E-state index contributed by atoms with van der Waals surface area (Å²) in [5, 5.41) is 10.1. The van der Waals surface area contributed by atoms with E-state index in [1.807, 2.05) is 26.0 Å². The number of amides is 1. The molecule has 7 nitrogen and oxygen atoms in total. The normalized spacial score (nSPS) is 11.9. The minimum Gasteiger partial charge on any atom is -0.368 e. The van der Waals surface area contributed by atoms with E-state index in [0.29, 0.717) is 19.6 Å². The lowest BCUT2D eigenvalue weighted by atomic mass is 10.1. The predicted octanol–water partition coefficient (Wildman–Crippen LogP) is 0.846. The number of carbonyl (C=O) groups is 1. The van der Waals surface area contributed by atoms with Crippen molar-refractivity contribution in [1.82, 2.24) is 25.1 Å². The van der Waals surface area contributed by atoms with Crippen LogP contribution >= 0.6 is 0 Å². The van der Waals surface area contributed by atoms with Crippen LogP contribution in [0.3, 0.4) is 0 Å². The number of aromatic nitrogens is 4. The van der Waals surface area contributed by atoms with Crippen LogP contribution < -0.4 is 10.6 Å². The summed E-state index contributed by atoms with van der Waals surface area (Å²) >= 11 is 0. The van der Waals surface area contributed by atoms with Crippen LogP contribution in [0.15, 0.2) is 31.0 Å². The summed E-state index contributed by atoms with van der Waals surface area (Å²) in [5.41, 5.74) is 1.09. The van der Waals surface area contributed by atoms with Gasteiger partial charge in [0.1, 0.15) is 18.5 Å². The number of carbonyl (C=O) groups excluding carboxylic acids is 1. The van der Waals surface area contributed by atoms with Crippen LogP contribution in [0.25, 0.3) is 0 Å². The highest BCUT2D eigenvalue weighted by molar-refractivity contribution is 5.78. The van der Waals surface area contributed by atoms with Crippen LogP contribution in [0.1, 0.15) is 12.5 Å². The number of aryl methyl sites for hydroxylation is 1. The van der Waals surface area contributed by atoms with Crippen molar-refractivity contribution in [2.75, 3.05) is 18.4 Å². The van der Waals surface area contributed by atoms with E-state index in [1.165, 1.54) is 6.33 Å². The summed E-state index contributed by atoms with van der Waals surface area (Å²) in [7, 11) is 0. The topological polar surface area (TPSA) is 84.7 Å². The SMILES string of the molecule is Cc1cccnc1NCCNC(=O)[C@H](C)Cn1cncn1. The average Bonchev–Trinajstić information content (AvgIpc) is 2.98. The molecule has 1 amide bonds. The molecule has 2 rings (SSSR count). The second kappa shape index (κ2) is 7.37. The van der Waals surface area contributed by atoms with Gasteiger partial charge in [0.15, 0.2) is 0 Å². The highest BCUT2D eigenvalue weighted by atomic mass is 16.1. The van der Waals surface area contributed by atoms with Gasteiger partial charge in [-0.3, -0.25) is 9.48 Å². The first-order valence-electron chi connectivity index (χ1n) is 6.92. The number of anilines is 1. The number of hydrogen-bond donors (Lipinski definition) is 2. The lowest BCUT2D eigenvalue weighted by Crippen LogP contribution is -2.34. The molecule has 1 atom stereocenters. The maximum Gasteiger partial charge on any atom is 0.224 e. The van der Waals surface area contributed by atoms with Crippen molar-refractivity contribution >= 4 is 11.7 Å². The molecule has 0 unspecified atom stereocenters. The summed E-state index contributed by atoms with van der Waals surface area (Å²) in [6.45, 7) is 5.58. The Morgan fingerprint density at radius 3 is 3.00 bits per heavy atom. The van der Waals surface area contributed by atoms with Crippen molar-refractivity contribution in [3.63, 3.8) is 0 Å². The van der Waals surface area contributed by atoms with Gasteiger partial charge >= 0.3 is 0 Å². The van der Waals surface area contributed by atoms with Gasteiger partial charge in [0.05, 0.1) is 12.5 Å². The molecule has 0 aromatic carbocycles. The van der Waals surface area contributed by atoms with Crippen molar-refractivity contribution in [2.24, 2.45) is 5.92 Å². The van der Waals surface area contributed by atoms with Gasteiger partial charge in [-0.2, -0.15) is 5.10 Å². The van der Waals surface area contributed by atoms with Crippen molar-refractivity contribution in [3.05, 3.63) is 36.5 Å². The van der Waals surface area contributed by atoms with Crippen molar-refractivity contribution in [3.8, 4) is 0 Å². The molecule has 0 aliphatic carbocycles. The van der Waals surface area contributed by atoms with E-state index in [4.69, 9.17) is 0 Å². The third kappa shape index (κ3) is 4.55. The average molecular weight is 288 g/mol. The summed E-state index contributed by atoms with van der Waals surface area (Å²) in [5.74, 6) is 0.704. The van der Waals surface area contributed by atoms with Crippen LogP contribution in [-0.2, 0) is 11.3 Å². The lowest BCUT2D eigenvalue weighted by Gasteiger charge is -2.13. The van der Waals surface area contributed by atoms with Crippen LogP contribution in [0.2, 0.25) is 0 Å². The summed E-state index contributed by atoms with van der Waals surface area (Å²) in [6.07, 6.45) is 4.81. The molecule has 0 aliphatic heterocycles. The number of nitrogens with zero attached hydrogens (tertiary/aromatic N) is 4. The fourth-order valence-electron chi connectivity index (χ4n) is 1.90. The number of hydrogen-bond acceptors (Lipinski definition) is 5. The molecule has 0 aliphatic rings. The van der Waals surface area contributed by atoms with E-state index >= 15 is 0 Å². The van der Waals surface area contributed by atoms with Crippen LogP contribution in [0.4, 0.5) is 5.82 Å². The molecule has 2 heterocycles. The van der Waals surface area contributed by atoms with Crippen molar-refractivity contribution in [2.45, 2.75) is 20.4 Å². The van der Waals surface area contributed by atoms with E-state index in [-0.39, 0.29) is 11.8 Å². The highest BCUT2D eigenvalue weighted by Gasteiger charge is 2.13. The number of nitrogens with one attached hydrogen (secondary N) is 2. The third-order valence-electron chi connectivity index (χ3n) is 3.10. The molecule has 0 fully saturated rings. The number of pyridine rings is 1. The van der Waals surface area contributed by atoms with Gasteiger partial charge in [0, 0.05) is 19.3 Å². The lowest BCUT2D eigenvalue weighted by molar-refractivity contribution is -0.124. The molecule has 7 heteroatoms. The molecule has 0 spiro atoms. The Hall–Kier alpha value is -2.44. The third-order valence-corrected chi connectivity index (χ3v) is 3.10. The second-order valence-corrected chi connectivity index (χ2v) is 4.91. The monoisotopic (exact) mass is 288 g/mol. The molecule has 0 bridgehead atoms. The minimum absolute atomic E-state index is 0.00467. The Bertz CT molecular complexity index is 569. The first kappa shape index (κ1) is 15.0. The fraction of sp³-hybridized carbons (Fsp3) is 0.429. The zero-order valence-electron chi connectivity index (χ0n) is 12.3. The van der Waals surface area contributed by atoms with E-state index in [1.54, 1.807) is 17.2 Å². The second-order valence-electron chi connectivity index (χ2n) is 4.91. The van der Waals surface area contributed by atoms with E-state index in [0.717, 1.165) is 11.4 Å². The summed E-state index contributed by atoms with van der Waals surface area (Å²) in [6, 6.07) is 3.89. The molecule has 0 radical (unpaired) electrons. The molecule has 0 saturated carbocycles. The molecular formula is C14H20N6O. The maximum atomic E-state index is 11.9. The Morgan fingerprint density at radius 2 is 2.29 bits per heavy atom. The van der Waals surface area contributed by atoms with Crippen molar-refractivity contribution in [1.29, 1.82) is 0 Å². The van der Waals surface area contributed by atoms with Crippen LogP contribution in [-0.4, -0.2) is 38.7 Å². The standard InChI is InChI=1S/C14H20N6O/c1-11-4-3-5-16-13(11)17-6-7-18-14(21)12(2)8-20-10-15-9-19-20/h3-5,9-10,12H,6-8H2,1-2H3,(H,16,17)(H,18,21)/t12-/m1/s1. The Morgan fingerprint density at radius 1 is 1.43 bits per heavy atom. The minimum atomic E-state index is -0.150. The van der Waals surface area contributed by atoms with E-state index in [2.05, 4.69) is 25.7 Å². The molecule has 2 aromatic heterocycles. The Labute approximate surface area is 123 Å². The van der Waals surface area contributed by atoms with Gasteiger partial charge in [0.25, 0.3) is 0 Å². The fourth-order valence-corrected chi connectivity index (χ4v) is 1.90. The van der Waals surface area contributed by atoms with Gasteiger partial charge in [-0.05, 0) is 18.6 Å². The summed E-state index contributed by atoms with van der Waals surface area (Å²) in [4.78, 5) is 20.0. The molecule has 112 valence electrons. The van der Waals surface area contributed by atoms with Crippen LogP contribution in [0, 0.1) is 12.8 Å². The zero-order chi connectivity index (χ0) is 15.1. The maximum absolute atomic E-state index is 11.9. The van der Waals surface area contributed by atoms with E-state index < -0.39 is 0 Å². The largest absolute Gasteiger partial charge is 0.368 e. The highest BCUT2D eigenvalue weighted by Crippen LogP contribution is 2.07. The first-order valence-corrected chi connectivity index (χ1v) is 6.92. The van der Waals surface area contributed by atoms with Gasteiger partial charge in [-0.15, -0.1) is 0 Å². The van der Waals surface area contributed by atoms with Gasteiger partial charge in [-0.1, -0.05) is 13.0 Å². The molecule has 2 aromatic rings. The van der Waals surface area contributed by atoms with Gasteiger partial charge in [0.2, 0.25) is 5.91 Å². The quantitative estimate of drug-likeness (QED) is 0.738. The molecule has 2 N–H and O–H groups in total. The molecular weight excluding hydrogens is 268 g/mol. The summed E-state index contributed by atoms with van der Waals surface area (Å²) < 4.78 is 1.65.